The highest BCUT2D eigenvalue weighted by molar-refractivity contribution is 5.90. The molecule has 14 heavy (non-hydrogen) atoms. The molecule has 1 aliphatic heterocycles. The Morgan fingerprint density at radius 2 is 1.57 bits per heavy atom. The molecule has 4 nitrogen and oxygen atoms in total. The molecule has 0 amide bonds. The number of rotatable bonds is 1. The maximum atomic E-state index is 11.0. The van der Waals surface area contributed by atoms with E-state index in [1.807, 2.05) is 4.90 Å². The first-order valence-corrected chi connectivity index (χ1v) is 5.23. The van der Waals surface area contributed by atoms with E-state index >= 15 is 0 Å². The van der Waals surface area contributed by atoms with Crippen LogP contribution < -0.4 is 0 Å². The third-order valence-electron chi connectivity index (χ3n) is 2.98. The van der Waals surface area contributed by atoms with Crippen molar-refractivity contribution in [1.29, 1.82) is 0 Å². The van der Waals surface area contributed by atoms with Crippen LogP contribution in [0.3, 0.4) is 0 Å². The molecule has 0 spiro atoms. The maximum absolute atomic E-state index is 11.0. The fourth-order valence-electron chi connectivity index (χ4n) is 2.28. The van der Waals surface area contributed by atoms with Crippen LogP contribution in [0.25, 0.3) is 0 Å². The van der Waals surface area contributed by atoms with Gasteiger partial charge >= 0.3 is 11.9 Å². The Bertz CT molecular complexity index is 230. The number of ether oxygens (including phenoxy) is 1. The SMILES string of the molecule is O=C1CN(C2CCCCC2)CC(=O)O1. The van der Waals surface area contributed by atoms with E-state index in [4.69, 9.17) is 0 Å². The topological polar surface area (TPSA) is 46.6 Å². The van der Waals surface area contributed by atoms with E-state index in [0.717, 1.165) is 12.8 Å². The summed E-state index contributed by atoms with van der Waals surface area (Å²) in [7, 11) is 0. The molecule has 2 fully saturated rings. The first-order chi connectivity index (χ1) is 6.75. The zero-order valence-corrected chi connectivity index (χ0v) is 8.20. The Balaban J connectivity index is 1.95. The van der Waals surface area contributed by atoms with Crippen LogP contribution in [-0.2, 0) is 14.3 Å². The van der Waals surface area contributed by atoms with Crippen molar-refractivity contribution in [3.63, 3.8) is 0 Å². The number of esters is 2. The van der Waals surface area contributed by atoms with E-state index in [2.05, 4.69) is 4.74 Å². The number of hydrogen-bond acceptors (Lipinski definition) is 4. The van der Waals surface area contributed by atoms with E-state index in [-0.39, 0.29) is 13.1 Å². The minimum atomic E-state index is -0.396. The van der Waals surface area contributed by atoms with Gasteiger partial charge in [0.2, 0.25) is 0 Å². The summed E-state index contributed by atoms with van der Waals surface area (Å²) >= 11 is 0. The second kappa shape index (κ2) is 4.09. The lowest BCUT2D eigenvalue weighted by Crippen LogP contribution is -2.48. The van der Waals surface area contributed by atoms with Gasteiger partial charge in [-0.25, -0.2) is 0 Å². The molecular weight excluding hydrogens is 182 g/mol. The van der Waals surface area contributed by atoms with Gasteiger partial charge in [-0.3, -0.25) is 14.5 Å². The summed E-state index contributed by atoms with van der Waals surface area (Å²) in [5.41, 5.74) is 0. The van der Waals surface area contributed by atoms with Gasteiger partial charge in [0.15, 0.2) is 0 Å². The minimum absolute atomic E-state index is 0.288. The molecule has 2 aliphatic rings. The first kappa shape index (κ1) is 9.65. The number of carbonyl (C=O) groups is 2. The highest BCUT2D eigenvalue weighted by Gasteiger charge is 2.30. The number of nitrogens with zero attached hydrogens (tertiary/aromatic N) is 1. The molecule has 78 valence electrons. The molecule has 1 saturated carbocycles. The standard InChI is InChI=1S/C10H15NO3/c12-9-6-11(7-10(13)14-9)8-4-2-1-3-5-8/h8H,1-7H2. The molecule has 0 atom stereocenters. The van der Waals surface area contributed by atoms with Crippen molar-refractivity contribution in [1.82, 2.24) is 4.90 Å². The van der Waals surface area contributed by atoms with Crippen LogP contribution in [0.1, 0.15) is 32.1 Å². The van der Waals surface area contributed by atoms with Gasteiger partial charge in [0, 0.05) is 6.04 Å². The van der Waals surface area contributed by atoms with Crippen LogP contribution in [-0.4, -0.2) is 36.0 Å². The maximum Gasteiger partial charge on any atom is 0.327 e. The highest BCUT2D eigenvalue weighted by Crippen LogP contribution is 2.23. The number of morpholine rings is 1. The van der Waals surface area contributed by atoms with Gasteiger partial charge < -0.3 is 4.74 Å². The Morgan fingerprint density at radius 1 is 1.00 bits per heavy atom. The molecule has 2 rings (SSSR count). The Morgan fingerprint density at radius 3 is 2.14 bits per heavy atom. The van der Waals surface area contributed by atoms with E-state index in [0.29, 0.717) is 6.04 Å². The Labute approximate surface area is 83.2 Å². The van der Waals surface area contributed by atoms with Gasteiger partial charge in [0.25, 0.3) is 0 Å². The largest absolute Gasteiger partial charge is 0.391 e. The predicted molar refractivity (Wildman–Crippen MR) is 49.5 cm³/mol. The molecule has 1 saturated heterocycles. The van der Waals surface area contributed by atoms with Crippen molar-refractivity contribution in [2.24, 2.45) is 0 Å². The molecule has 0 radical (unpaired) electrons. The number of carbonyl (C=O) groups excluding carboxylic acids is 2. The molecule has 0 bridgehead atoms. The molecule has 4 heteroatoms. The highest BCUT2D eigenvalue weighted by atomic mass is 16.6. The van der Waals surface area contributed by atoms with Crippen LogP contribution in [0.4, 0.5) is 0 Å². The minimum Gasteiger partial charge on any atom is -0.391 e. The lowest BCUT2D eigenvalue weighted by molar-refractivity contribution is -0.168. The summed E-state index contributed by atoms with van der Waals surface area (Å²) in [4.78, 5) is 24.0. The molecule has 0 N–H and O–H groups in total. The van der Waals surface area contributed by atoms with E-state index in [9.17, 15) is 9.59 Å². The molecule has 0 aromatic carbocycles. The van der Waals surface area contributed by atoms with E-state index in [1.54, 1.807) is 0 Å². The molecule has 0 aromatic rings. The van der Waals surface area contributed by atoms with E-state index < -0.39 is 11.9 Å². The van der Waals surface area contributed by atoms with Crippen molar-refractivity contribution < 1.29 is 14.3 Å². The van der Waals surface area contributed by atoms with Crippen LogP contribution in [0.2, 0.25) is 0 Å². The van der Waals surface area contributed by atoms with Crippen LogP contribution in [0, 0.1) is 0 Å². The molecule has 1 heterocycles. The lowest BCUT2D eigenvalue weighted by Gasteiger charge is -2.34. The summed E-state index contributed by atoms with van der Waals surface area (Å²) in [5.74, 6) is -0.793. The van der Waals surface area contributed by atoms with Crippen molar-refractivity contribution in [3.05, 3.63) is 0 Å². The summed E-state index contributed by atoms with van der Waals surface area (Å²) in [6, 6.07) is 0.417. The normalized spacial score (nSPS) is 26.3. The monoisotopic (exact) mass is 197 g/mol. The third kappa shape index (κ3) is 2.12. The summed E-state index contributed by atoms with van der Waals surface area (Å²) in [5, 5.41) is 0. The van der Waals surface area contributed by atoms with Crippen molar-refractivity contribution in [2.45, 2.75) is 38.1 Å². The summed E-state index contributed by atoms with van der Waals surface area (Å²) in [6.07, 6.45) is 5.93. The second-order valence-corrected chi connectivity index (χ2v) is 4.04. The summed E-state index contributed by atoms with van der Waals surface area (Å²) in [6.45, 7) is 0.576. The quantitative estimate of drug-likeness (QED) is 0.458. The average molecular weight is 197 g/mol. The van der Waals surface area contributed by atoms with Crippen LogP contribution in [0.15, 0.2) is 0 Å². The fourth-order valence-corrected chi connectivity index (χ4v) is 2.28. The van der Waals surface area contributed by atoms with Crippen molar-refractivity contribution in [3.8, 4) is 0 Å². The number of cyclic esters (lactones) is 2. The van der Waals surface area contributed by atoms with Gasteiger partial charge in [0.1, 0.15) is 0 Å². The molecule has 0 unspecified atom stereocenters. The van der Waals surface area contributed by atoms with E-state index in [1.165, 1.54) is 19.3 Å². The van der Waals surface area contributed by atoms with Gasteiger partial charge in [0.05, 0.1) is 13.1 Å². The van der Waals surface area contributed by atoms with Gasteiger partial charge in [-0.2, -0.15) is 0 Å². The number of hydrogen-bond donors (Lipinski definition) is 0. The Kier molecular flexibility index (Phi) is 2.82. The molecule has 0 aromatic heterocycles. The zero-order valence-electron chi connectivity index (χ0n) is 8.20. The third-order valence-corrected chi connectivity index (χ3v) is 2.98. The average Bonchev–Trinajstić information content (AvgIpc) is 2.18. The fraction of sp³-hybridized carbons (Fsp3) is 0.800. The van der Waals surface area contributed by atoms with Crippen molar-refractivity contribution >= 4 is 11.9 Å². The second-order valence-electron chi connectivity index (χ2n) is 4.04. The Hall–Kier alpha value is -0.900. The summed E-state index contributed by atoms with van der Waals surface area (Å²) < 4.78 is 4.49. The predicted octanol–water partition coefficient (Wildman–Crippen LogP) is 0.704. The van der Waals surface area contributed by atoms with Gasteiger partial charge in [-0.05, 0) is 12.8 Å². The van der Waals surface area contributed by atoms with Crippen LogP contribution >= 0.6 is 0 Å². The first-order valence-electron chi connectivity index (χ1n) is 5.23. The van der Waals surface area contributed by atoms with Crippen molar-refractivity contribution in [2.75, 3.05) is 13.1 Å². The smallest absolute Gasteiger partial charge is 0.327 e. The van der Waals surface area contributed by atoms with Gasteiger partial charge in [-0.1, -0.05) is 19.3 Å². The van der Waals surface area contributed by atoms with Crippen LogP contribution in [0.5, 0.6) is 0 Å². The lowest BCUT2D eigenvalue weighted by atomic mass is 9.94. The zero-order chi connectivity index (χ0) is 9.97. The molecule has 1 aliphatic carbocycles. The molecular formula is C10H15NO3. The van der Waals surface area contributed by atoms with Gasteiger partial charge in [-0.15, -0.1) is 0 Å².